The molecule has 3 aromatic rings. The second-order valence-electron chi connectivity index (χ2n) is 15.2. The van der Waals surface area contributed by atoms with Crippen molar-refractivity contribution in [1.29, 1.82) is 0 Å². The first-order chi connectivity index (χ1) is 22.6. The molecule has 2 fully saturated rings. The molecule has 9 heteroatoms. The maximum absolute atomic E-state index is 13.6. The molecule has 1 unspecified atom stereocenters. The number of carboxylic acid groups (broad SMARTS) is 1. The minimum Gasteiger partial charge on any atom is -0.479 e. The Hall–Kier alpha value is -3.98. The van der Waals surface area contributed by atoms with E-state index < -0.39 is 17.7 Å². The molecular weight excluding hydrogens is 607 g/mol. The summed E-state index contributed by atoms with van der Waals surface area (Å²) in [5.74, 6) is -1.34. The molecule has 0 spiro atoms. The summed E-state index contributed by atoms with van der Waals surface area (Å²) >= 11 is 0. The maximum Gasteiger partial charge on any atom is 0.337 e. The number of amides is 2. The van der Waals surface area contributed by atoms with E-state index in [1.165, 1.54) is 12.1 Å². The standard InChI is InChI=1S/C39H51FN4O4/c1-26-32(34(42-22-18-39(6,7)19-23-42)33(27(2)41-26)35(36(45)46)48-38(3,4)5)30-14-10-28(11-15-30)24-44(37(47)43-20-8-9-21-43)25-29-12-16-31(40)17-13-29/h10-17,35H,8-9,18-25H2,1-7H3,(H,45,46). The minimum atomic E-state index is -1.18. The van der Waals surface area contributed by atoms with Crippen molar-refractivity contribution >= 4 is 17.7 Å². The van der Waals surface area contributed by atoms with E-state index in [4.69, 9.17) is 9.72 Å². The van der Waals surface area contributed by atoms with Crippen LogP contribution in [0.25, 0.3) is 11.1 Å². The number of carbonyl (C=O) groups excluding carboxylic acids is 1. The van der Waals surface area contributed by atoms with E-state index >= 15 is 0 Å². The number of carbonyl (C=O) groups is 2. The lowest BCUT2D eigenvalue weighted by atomic mass is 9.81. The third-order valence-electron chi connectivity index (χ3n) is 9.52. The number of rotatable bonds is 9. The Bertz CT molecular complexity index is 1600. The molecular formula is C39H51FN4O4. The average Bonchev–Trinajstić information content (AvgIpc) is 3.56. The summed E-state index contributed by atoms with van der Waals surface area (Å²) in [6.45, 7) is 17.9. The van der Waals surface area contributed by atoms with E-state index in [2.05, 4.69) is 18.7 Å². The molecule has 2 aliphatic rings. The van der Waals surface area contributed by atoms with Gasteiger partial charge in [0.05, 0.1) is 11.3 Å². The van der Waals surface area contributed by atoms with Crippen LogP contribution in [0.3, 0.4) is 0 Å². The van der Waals surface area contributed by atoms with Crippen molar-refractivity contribution in [3.05, 3.63) is 82.4 Å². The molecule has 1 atom stereocenters. The van der Waals surface area contributed by atoms with Crippen LogP contribution < -0.4 is 4.90 Å². The zero-order valence-corrected chi connectivity index (χ0v) is 29.6. The first kappa shape index (κ1) is 35.3. The zero-order valence-electron chi connectivity index (χ0n) is 29.6. The maximum atomic E-state index is 13.6. The summed E-state index contributed by atoms with van der Waals surface area (Å²) < 4.78 is 19.9. The summed E-state index contributed by atoms with van der Waals surface area (Å²) in [5.41, 5.74) is 6.15. The molecule has 48 heavy (non-hydrogen) atoms. The predicted octanol–water partition coefficient (Wildman–Crippen LogP) is 8.29. The zero-order chi connectivity index (χ0) is 34.8. The van der Waals surface area contributed by atoms with Crippen LogP contribution in [0.1, 0.15) is 94.5 Å². The highest BCUT2D eigenvalue weighted by Gasteiger charge is 2.36. The van der Waals surface area contributed by atoms with Crippen molar-refractivity contribution < 1.29 is 23.8 Å². The number of urea groups is 1. The van der Waals surface area contributed by atoms with Gasteiger partial charge in [-0.2, -0.15) is 0 Å². The summed E-state index contributed by atoms with van der Waals surface area (Å²) in [5, 5.41) is 10.5. The van der Waals surface area contributed by atoms with Crippen LogP contribution in [-0.2, 0) is 22.6 Å². The average molecular weight is 659 g/mol. The number of aryl methyl sites for hydroxylation is 2. The number of hydrogen-bond donors (Lipinski definition) is 1. The van der Waals surface area contributed by atoms with Gasteiger partial charge < -0.3 is 24.5 Å². The molecule has 0 aliphatic carbocycles. The van der Waals surface area contributed by atoms with E-state index in [0.717, 1.165) is 85.5 Å². The molecule has 0 radical (unpaired) electrons. The number of likely N-dealkylation sites (tertiary alicyclic amines) is 1. The van der Waals surface area contributed by atoms with Crippen LogP contribution in [0.2, 0.25) is 0 Å². The van der Waals surface area contributed by atoms with Crippen LogP contribution >= 0.6 is 0 Å². The molecule has 5 rings (SSSR count). The fourth-order valence-corrected chi connectivity index (χ4v) is 6.86. The molecule has 0 saturated carbocycles. The van der Waals surface area contributed by atoms with E-state index in [0.29, 0.717) is 24.3 Å². The lowest BCUT2D eigenvalue weighted by Gasteiger charge is -2.41. The lowest BCUT2D eigenvalue weighted by Crippen LogP contribution is -2.41. The van der Waals surface area contributed by atoms with Gasteiger partial charge >= 0.3 is 12.0 Å². The number of aromatic nitrogens is 1. The van der Waals surface area contributed by atoms with E-state index in [1.54, 1.807) is 12.1 Å². The number of nitrogens with zero attached hydrogens (tertiary/aromatic N) is 4. The first-order valence-corrected chi connectivity index (χ1v) is 17.2. The second-order valence-corrected chi connectivity index (χ2v) is 15.2. The Labute approximate surface area is 284 Å². The highest BCUT2D eigenvalue weighted by Crippen LogP contribution is 2.45. The Morgan fingerprint density at radius 3 is 1.98 bits per heavy atom. The number of piperidine rings is 1. The highest BCUT2D eigenvalue weighted by molar-refractivity contribution is 5.88. The lowest BCUT2D eigenvalue weighted by molar-refractivity contribution is -0.160. The monoisotopic (exact) mass is 658 g/mol. The van der Waals surface area contributed by atoms with Crippen LogP contribution in [-0.4, -0.2) is 63.7 Å². The predicted molar refractivity (Wildman–Crippen MR) is 187 cm³/mol. The van der Waals surface area contributed by atoms with Gasteiger partial charge in [-0.25, -0.2) is 14.0 Å². The highest BCUT2D eigenvalue weighted by atomic mass is 19.1. The van der Waals surface area contributed by atoms with E-state index in [-0.39, 0.29) is 17.3 Å². The largest absolute Gasteiger partial charge is 0.479 e. The van der Waals surface area contributed by atoms with E-state index in [9.17, 15) is 19.1 Å². The summed E-state index contributed by atoms with van der Waals surface area (Å²) in [7, 11) is 0. The number of benzene rings is 2. The topological polar surface area (TPSA) is 86.2 Å². The van der Waals surface area contributed by atoms with Gasteiger partial charge in [0.1, 0.15) is 5.82 Å². The summed E-state index contributed by atoms with van der Waals surface area (Å²) in [6.07, 6.45) is 2.78. The number of halogens is 1. The number of ether oxygens (including phenoxy) is 1. The number of pyridine rings is 1. The molecule has 258 valence electrons. The SMILES string of the molecule is Cc1nc(C)c(C(OC(C)(C)C)C(=O)O)c(N2CCC(C)(C)CC2)c1-c1ccc(CN(Cc2ccc(F)cc2)C(=O)N2CCCC2)cc1. The van der Waals surface area contributed by atoms with Crippen LogP contribution in [0, 0.1) is 25.1 Å². The molecule has 0 bridgehead atoms. The summed E-state index contributed by atoms with van der Waals surface area (Å²) in [6, 6.07) is 14.5. The van der Waals surface area contributed by atoms with E-state index in [1.807, 2.05) is 68.7 Å². The second kappa shape index (κ2) is 14.2. The number of carboxylic acids is 1. The molecule has 2 aliphatic heterocycles. The van der Waals surface area contributed by atoms with Crippen molar-refractivity contribution in [2.24, 2.45) is 5.41 Å². The first-order valence-electron chi connectivity index (χ1n) is 17.2. The van der Waals surface area contributed by atoms with Crippen molar-refractivity contribution in [3.63, 3.8) is 0 Å². The van der Waals surface area contributed by atoms with Crippen molar-refractivity contribution in [2.75, 3.05) is 31.1 Å². The Balaban J connectivity index is 1.54. The molecule has 1 N–H and O–H groups in total. The minimum absolute atomic E-state index is 0.0157. The van der Waals surface area contributed by atoms with Crippen LogP contribution in [0.15, 0.2) is 48.5 Å². The number of anilines is 1. The molecule has 1 aromatic heterocycles. The van der Waals surface area contributed by atoms with Gasteiger partial charge in [-0.05, 0) is 94.5 Å². The Morgan fingerprint density at radius 1 is 0.917 bits per heavy atom. The van der Waals surface area contributed by atoms with Crippen molar-refractivity contribution in [1.82, 2.24) is 14.8 Å². The van der Waals surface area contributed by atoms with Gasteiger partial charge in [-0.3, -0.25) is 4.98 Å². The van der Waals surface area contributed by atoms with Crippen LogP contribution in [0.5, 0.6) is 0 Å². The molecule has 3 heterocycles. The number of aliphatic carboxylic acids is 1. The fraction of sp³-hybridized carbons (Fsp3) is 0.513. The quantitative estimate of drug-likeness (QED) is 0.249. The molecule has 2 saturated heterocycles. The van der Waals surface area contributed by atoms with Gasteiger partial charge in [0, 0.05) is 61.8 Å². The third-order valence-corrected chi connectivity index (χ3v) is 9.52. The Kier molecular flexibility index (Phi) is 10.5. The van der Waals surface area contributed by atoms with Gasteiger partial charge in [0.15, 0.2) is 6.10 Å². The Morgan fingerprint density at radius 2 is 1.46 bits per heavy atom. The number of hydrogen-bond acceptors (Lipinski definition) is 5. The summed E-state index contributed by atoms with van der Waals surface area (Å²) in [4.78, 5) is 37.4. The normalized spacial score (nSPS) is 17.0. The molecule has 2 amide bonds. The van der Waals surface area contributed by atoms with Crippen molar-refractivity contribution in [2.45, 2.75) is 98.9 Å². The van der Waals surface area contributed by atoms with Gasteiger partial charge in [-0.15, -0.1) is 0 Å². The van der Waals surface area contributed by atoms with Gasteiger partial charge in [0.25, 0.3) is 0 Å². The third kappa shape index (κ3) is 8.35. The van der Waals surface area contributed by atoms with Crippen molar-refractivity contribution in [3.8, 4) is 11.1 Å². The molecule has 8 nitrogen and oxygen atoms in total. The van der Waals surface area contributed by atoms with Gasteiger partial charge in [-0.1, -0.05) is 50.2 Å². The van der Waals surface area contributed by atoms with Gasteiger partial charge in [0.2, 0.25) is 0 Å². The van der Waals surface area contributed by atoms with Crippen LogP contribution in [0.4, 0.5) is 14.9 Å². The fourth-order valence-electron chi connectivity index (χ4n) is 6.86. The smallest absolute Gasteiger partial charge is 0.337 e. The molecule has 2 aromatic carbocycles.